The van der Waals surface area contributed by atoms with Crippen molar-refractivity contribution in [1.29, 1.82) is 0 Å². The van der Waals surface area contributed by atoms with Crippen LogP contribution in [-0.4, -0.2) is 5.78 Å². The second-order valence-electron chi connectivity index (χ2n) is 4.26. The van der Waals surface area contributed by atoms with E-state index in [1.807, 2.05) is 13.0 Å². The smallest absolute Gasteiger partial charge is 0.193 e. The minimum absolute atomic E-state index is 0.0983. The van der Waals surface area contributed by atoms with E-state index in [4.69, 9.17) is 0 Å². The molecule has 0 radical (unpaired) electrons. The summed E-state index contributed by atoms with van der Waals surface area (Å²) in [6.45, 7) is 3.61. The monoisotopic (exact) mass is 306 g/mol. The summed E-state index contributed by atoms with van der Waals surface area (Å²) in [5, 5.41) is 0. The molecule has 0 unspecified atom stereocenters. The van der Waals surface area contributed by atoms with Crippen LogP contribution in [0.4, 0.5) is 4.39 Å². The zero-order chi connectivity index (χ0) is 13.3. The number of aryl methyl sites for hydroxylation is 2. The fourth-order valence-electron chi connectivity index (χ4n) is 1.69. The van der Waals surface area contributed by atoms with Crippen LogP contribution in [0.15, 0.2) is 40.9 Å². The zero-order valence-electron chi connectivity index (χ0n) is 10.1. The number of halogens is 2. The molecule has 2 aromatic carbocycles. The van der Waals surface area contributed by atoms with Crippen molar-refractivity contribution in [2.45, 2.75) is 13.8 Å². The van der Waals surface area contributed by atoms with Gasteiger partial charge in [-0.05, 0) is 49.2 Å². The maximum Gasteiger partial charge on any atom is 0.193 e. The van der Waals surface area contributed by atoms with Crippen LogP contribution in [0, 0.1) is 19.7 Å². The highest BCUT2D eigenvalue weighted by molar-refractivity contribution is 9.10. The Morgan fingerprint density at radius 2 is 1.61 bits per heavy atom. The Bertz CT molecular complexity index is 566. The van der Waals surface area contributed by atoms with E-state index < -0.39 is 0 Å². The Morgan fingerprint density at radius 1 is 1.00 bits per heavy atom. The molecule has 0 fully saturated rings. The van der Waals surface area contributed by atoms with Crippen LogP contribution in [-0.2, 0) is 0 Å². The molecule has 0 aliphatic heterocycles. The quantitative estimate of drug-likeness (QED) is 0.750. The van der Waals surface area contributed by atoms with Crippen LogP contribution in [0.25, 0.3) is 0 Å². The van der Waals surface area contributed by atoms with Crippen LogP contribution in [0.3, 0.4) is 0 Å². The summed E-state index contributed by atoms with van der Waals surface area (Å²) < 4.78 is 14.1. The van der Waals surface area contributed by atoms with E-state index in [9.17, 15) is 9.18 Å². The summed E-state index contributed by atoms with van der Waals surface area (Å²) in [5.41, 5.74) is 2.65. The minimum Gasteiger partial charge on any atom is -0.289 e. The van der Waals surface area contributed by atoms with Gasteiger partial charge in [0, 0.05) is 15.6 Å². The van der Waals surface area contributed by atoms with Crippen LogP contribution < -0.4 is 0 Å². The minimum atomic E-state index is -0.295. The first kappa shape index (κ1) is 13.0. The lowest BCUT2D eigenvalue weighted by molar-refractivity contribution is 0.103. The third kappa shape index (κ3) is 2.51. The molecule has 2 aromatic rings. The Hall–Kier alpha value is -1.48. The van der Waals surface area contributed by atoms with E-state index in [0.29, 0.717) is 16.7 Å². The lowest BCUT2D eigenvalue weighted by Crippen LogP contribution is -2.02. The van der Waals surface area contributed by atoms with E-state index in [0.717, 1.165) is 10.0 Å². The molecule has 0 amide bonds. The maximum absolute atomic E-state index is 13.2. The fourth-order valence-corrected chi connectivity index (χ4v) is 2.07. The van der Waals surface area contributed by atoms with Crippen molar-refractivity contribution >= 4 is 21.7 Å². The fraction of sp³-hybridized carbons (Fsp3) is 0.133. The Kier molecular flexibility index (Phi) is 3.62. The molecule has 0 aromatic heterocycles. The van der Waals surface area contributed by atoms with Crippen LogP contribution in [0.2, 0.25) is 0 Å². The highest BCUT2D eigenvalue weighted by Gasteiger charge is 2.11. The Labute approximate surface area is 114 Å². The molecule has 0 spiro atoms. The standard InChI is InChI=1S/C15H12BrFO/c1-9-3-4-12(8-13(9)16)15(18)11-5-6-14(17)10(2)7-11/h3-8H,1-2H3. The number of hydrogen-bond donors (Lipinski definition) is 0. The van der Waals surface area contributed by atoms with Gasteiger partial charge in [0.05, 0.1) is 0 Å². The average Bonchev–Trinajstić information content (AvgIpc) is 2.35. The predicted octanol–water partition coefficient (Wildman–Crippen LogP) is 4.44. The summed E-state index contributed by atoms with van der Waals surface area (Å²) in [6, 6.07) is 9.86. The molecule has 0 aliphatic rings. The first-order valence-electron chi connectivity index (χ1n) is 5.56. The maximum atomic E-state index is 13.2. The summed E-state index contributed by atoms with van der Waals surface area (Å²) in [4.78, 5) is 12.2. The van der Waals surface area contributed by atoms with Crippen molar-refractivity contribution in [2.24, 2.45) is 0 Å². The highest BCUT2D eigenvalue weighted by atomic mass is 79.9. The number of carbonyl (C=O) groups excluding carboxylic acids is 1. The van der Waals surface area contributed by atoms with Crippen LogP contribution in [0.5, 0.6) is 0 Å². The molecule has 0 saturated carbocycles. The predicted molar refractivity (Wildman–Crippen MR) is 73.4 cm³/mol. The topological polar surface area (TPSA) is 17.1 Å². The number of hydrogen-bond acceptors (Lipinski definition) is 1. The SMILES string of the molecule is Cc1cc(C(=O)c2ccc(C)c(Br)c2)ccc1F. The van der Waals surface area contributed by atoms with Gasteiger partial charge in [0.25, 0.3) is 0 Å². The molecule has 0 aliphatic carbocycles. The van der Waals surface area contributed by atoms with Crippen molar-refractivity contribution in [1.82, 2.24) is 0 Å². The van der Waals surface area contributed by atoms with E-state index >= 15 is 0 Å². The van der Waals surface area contributed by atoms with Gasteiger partial charge in [-0.25, -0.2) is 4.39 Å². The van der Waals surface area contributed by atoms with E-state index in [1.54, 1.807) is 25.1 Å². The first-order chi connectivity index (χ1) is 8.49. The van der Waals surface area contributed by atoms with Crippen LogP contribution >= 0.6 is 15.9 Å². The summed E-state index contributed by atoms with van der Waals surface area (Å²) in [7, 11) is 0. The van der Waals surface area contributed by atoms with Gasteiger partial charge < -0.3 is 0 Å². The van der Waals surface area contributed by atoms with Gasteiger partial charge in [-0.3, -0.25) is 4.79 Å². The van der Waals surface area contributed by atoms with Crippen molar-refractivity contribution in [3.8, 4) is 0 Å². The molecule has 2 rings (SSSR count). The largest absolute Gasteiger partial charge is 0.289 e. The molecule has 0 saturated heterocycles. The average molecular weight is 307 g/mol. The van der Waals surface area contributed by atoms with Crippen molar-refractivity contribution < 1.29 is 9.18 Å². The normalized spacial score (nSPS) is 10.4. The Balaban J connectivity index is 2.41. The molecule has 92 valence electrons. The summed E-state index contributed by atoms with van der Waals surface area (Å²) in [6.07, 6.45) is 0. The van der Waals surface area contributed by atoms with Gasteiger partial charge in [0.15, 0.2) is 5.78 Å². The van der Waals surface area contributed by atoms with E-state index in [2.05, 4.69) is 15.9 Å². The molecule has 18 heavy (non-hydrogen) atoms. The molecule has 0 heterocycles. The van der Waals surface area contributed by atoms with Crippen molar-refractivity contribution in [3.05, 3.63) is 68.9 Å². The van der Waals surface area contributed by atoms with Gasteiger partial charge in [-0.1, -0.05) is 28.1 Å². The van der Waals surface area contributed by atoms with Crippen molar-refractivity contribution in [3.63, 3.8) is 0 Å². The van der Waals surface area contributed by atoms with Gasteiger partial charge >= 0.3 is 0 Å². The highest BCUT2D eigenvalue weighted by Crippen LogP contribution is 2.20. The molecule has 1 nitrogen and oxygen atoms in total. The number of rotatable bonds is 2. The van der Waals surface area contributed by atoms with Crippen molar-refractivity contribution in [2.75, 3.05) is 0 Å². The zero-order valence-corrected chi connectivity index (χ0v) is 11.7. The van der Waals surface area contributed by atoms with Gasteiger partial charge in [0.1, 0.15) is 5.82 Å². The van der Waals surface area contributed by atoms with E-state index in [1.165, 1.54) is 12.1 Å². The molecular weight excluding hydrogens is 295 g/mol. The molecule has 0 bridgehead atoms. The third-order valence-corrected chi connectivity index (χ3v) is 3.71. The van der Waals surface area contributed by atoms with Gasteiger partial charge in [-0.15, -0.1) is 0 Å². The van der Waals surface area contributed by atoms with Gasteiger partial charge in [0.2, 0.25) is 0 Å². The first-order valence-corrected chi connectivity index (χ1v) is 6.35. The summed E-state index contributed by atoms with van der Waals surface area (Å²) >= 11 is 3.40. The molecule has 0 atom stereocenters. The number of ketones is 1. The third-order valence-electron chi connectivity index (χ3n) is 2.85. The number of benzene rings is 2. The second kappa shape index (κ2) is 5.02. The molecular formula is C15H12BrFO. The Morgan fingerprint density at radius 3 is 2.22 bits per heavy atom. The molecule has 3 heteroatoms. The van der Waals surface area contributed by atoms with Gasteiger partial charge in [-0.2, -0.15) is 0 Å². The second-order valence-corrected chi connectivity index (χ2v) is 5.11. The number of carbonyl (C=O) groups is 1. The summed E-state index contributed by atoms with van der Waals surface area (Å²) in [5.74, 6) is -0.393. The lowest BCUT2D eigenvalue weighted by atomic mass is 10.0. The van der Waals surface area contributed by atoms with Crippen LogP contribution in [0.1, 0.15) is 27.0 Å². The lowest BCUT2D eigenvalue weighted by Gasteiger charge is -2.05. The van der Waals surface area contributed by atoms with E-state index in [-0.39, 0.29) is 11.6 Å². The molecule has 0 N–H and O–H groups in total.